The number of ketones is 1. The molecule has 0 aromatic carbocycles. The smallest absolute Gasteiger partial charge is 0.172 e. The first-order valence-electron chi connectivity index (χ1n) is 4.58. The Morgan fingerprint density at radius 2 is 1.79 bits per heavy atom. The minimum Gasteiger partial charge on any atom is -0.309 e. The number of hydrogen-bond acceptors (Lipinski definition) is 2. The summed E-state index contributed by atoms with van der Waals surface area (Å²) in [6, 6.07) is 0. The van der Waals surface area contributed by atoms with Crippen molar-refractivity contribution < 1.29 is 9.18 Å². The summed E-state index contributed by atoms with van der Waals surface area (Å²) < 4.78 is 13.3. The van der Waals surface area contributed by atoms with E-state index in [0.29, 0.717) is 13.0 Å². The topological polar surface area (TPSA) is 20.3 Å². The summed E-state index contributed by atoms with van der Waals surface area (Å²) in [6.07, 6.45) is -1.02. The van der Waals surface area contributed by atoms with Gasteiger partial charge in [0.05, 0.1) is 0 Å². The quantitative estimate of drug-likeness (QED) is 0.732. The molecule has 0 aliphatic rings. The first-order chi connectivity index (χ1) is 5.75. The lowest BCUT2D eigenvalue weighted by molar-refractivity contribution is -0.131. The lowest BCUT2D eigenvalue weighted by Gasteiger charge is -2.20. The van der Waals surface area contributed by atoms with Crippen LogP contribution in [-0.4, -0.2) is 37.5 Å². The molecule has 0 radical (unpaired) electrons. The summed E-state index contributed by atoms with van der Waals surface area (Å²) in [4.78, 5) is 13.3. The van der Waals surface area contributed by atoms with Gasteiger partial charge in [-0.15, -0.1) is 12.4 Å². The number of nitrogens with zero attached hydrogens (tertiary/aromatic N) is 1. The Morgan fingerprint density at radius 1 is 1.36 bits per heavy atom. The number of carbonyl (C=O) groups excluding carboxylic acids is 1. The van der Waals surface area contributed by atoms with E-state index in [1.54, 1.807) is 20.8 Å². The number of carbonyl (C=O) groups is 1. The van der Waals surface area contributed by atoms with Crippen LogP contribution in [-0.2, 0) is 4.79 Å². The highest BCUT2D eigenvalue weighted by molar-refractivity contribution is 5.87. The van der Waals surface area contributed by atoms with Crippen LogP contribution in [0.4, 0.5) is 4.39 Å². The largest absolute Gasteiger partial charge is 0.309 e. The second-order valence-electron chi connectivity index (χ2n) is 4.67. The van der Waals surface area contributed by atoms with Crippen molar-refractivity contribution in [1.29, 1.82) is 0 Å². The molecule has 0 heterocycles. The highest BCUT2D eigenvalue weighted by Gasteiger charge is 2.29. The maximum absolute atomic E-state index is 13.3. The molecular formula is C10H21ClFNO. The van der Waals surface area contributed by atoms with E-state index < -0.39 is 11.6 Å². The van der Waals surface area contributed by atoms with Crippen molar-refractivity contribution in [3.63, 3.8) is 0 Å². The molecule has 0 saturated carbocycles. The van der Waals surface area contributed by atoms with E-state index in [1.165, 1.54) is 0 Å². The van der Waals surface area contributed by atoms with Crippen LogP contribution in [0.1, 0.15) is 27.2 Å². The van der Waals surface area contributed by atoms with Gasteiger partial charge in [0.1, 0.15) is 0 Å². The van der Waals surface area contributed by atoms with Crippen molar-refractivity contribution in [2.45, 2.75) is 33.4 Å². The van der Waals surface area contributed by atoms with Gasteiger partial charge in [0.25, 0.3) is 0 Å². The number of hydrogen-bond donors (Lipinski definition) is 0. The third-order valence-electron chi connectivity index (χ3n) is 1.85. The molecule has 0 N–H and O–H groups in total. The van der Waals surface area contributed by atoms with Crippen LogP contribution in [0.3, 0.4) is 0 Å². The zero-order valence-electron chi connectivity index (χ0n) is 9.63. The monoisotopic (exact) mass is 225 g/mol. The molecule has 2 nitrogen and oxygen atoms in total. The van der Waals surface area contributed by atoms with Gasteiger partial charge in [-0.3, -0.25) is 4.79 Å². The molecule has 0 spiro atoms. The van der Waals surface area contributed by atoms with Gasteiger partial charge in [-0.1, -0.05) is 20.8 Å². The normalized spacial score (nSPS) is 13.6. The first kappa shape index (κ1) is 16.3. The number of rotatable bonds is 4. The first-order valence-corrected chi connectivity index (χ1v) is 4.58. The highest BCUT2D eigenvalue weighted by atomic mass is 35.5. The molecule has 1 unspecified atom stereocenters. The second-order valence-corrected chi connectivity index (χ2v) is 4.67. The van der Waals surface area contributed by atoms with Crippen LogP contribution >= 0.6 is 12.4 Å². The Bertz CT molecular complexity index is 177. The summed E-state index contributed by atoms with van der Waals surface area (Å²) in [5.74, 6) is -0.297. The fraction of sp³-hybridized carbons (Fsp3) is 0.900. The Morgan fingerprint density at radius 3 is 2.07 bits per heavy atom. The molecule has 0 rings (SSSR count). The van der Waals surface area contributed by atoms with E-state index in [2.05, 4.69) is 0 Å². The van der Waals surface area contributed by atoms with Crippen molar-refractivity contribution >= 4 is 18.2 Å². The molecule has 0 aliphatic carbocycles. The lowest BCUT2D eigenvalue weighted by atomic mass is 9.87. The summed E-state index contributed by atoms with van der Waals surface area (Å²) in [5.41, 5.74) is -0.564. The zero-order valence-corrected chi connectivity index (χ0v) is 10.4. The Kier molecular flexibility index (Phi) is 7.39. The van der Waals surface area contributed by atoms with Crippen LogP contribution in [0.25, 0.3) is 0 Å². The number of alkyl halides is 1. The van der Waals surface area contributed by atoms with E-state index in [-0.39, 0.29) is 18.2 Å². The summed E-state index contributed by atoms with van der Waals surface area (Å²) in [7, 11) is 3.74. The fourth-order valence-corrected chi connectivity index (χ4v) is 0.972. The molecule has 86 valence electrons. The predicted molar refractivity (Wildman–Crippen MR) is 59.8 cm³/mol. The minimum absolute atomic E-state index is 0. The number of Topliss-reactive ketones (excluding diaryl/α,β-unsaturated/α-hetero) is 1. The van der Waals surface area contributed by atoms with Gasteiger partial charge in [0.2, 0.25) is 0 Å². The van der Waals surface area contributed by atoms with Gasteiger partial charge >= 0.3 is 0 Å². The van der Waals surface area contributed by atoms with Crippen molar-refractivity contribution in [2.75, 3.05) is 20.6 Å². The fourth-order valence-electron chi connectivity index (χ4n) is 0.972. The molecule has 0 aromatic rings. The van der Waals surface area contributed by atoms with Crippen molar-refractivity contribution in [3.05, 3.63) is 0 Å². The average Bonchev–Trinajstić information content (AvgIpc) is 1.96. The van der Waals surface area contributed by atoms with E-state index in [0.717, 1.165) is 0 Å². The van der Waals surface area contributed by atoms with Gasteiger partial charge in [0.15, 0.2) is 12.0 Å². The van der Waals surface area contributed by atoms with Crippen LogP contribution in [0.15, 0.2) is 0 Å². The molecule has 14 heavy (non-hydrogen) atoms. The van der Waals surface area contributed by atoms with Gasteiger partial charge < -0.3 is 4.90 Å². The minimum atomic E-state index is -1.32. The Hall–Kier alpha value is -0.150. The SMILES string of the molecule is CN(C)CCC(F)C(=O)C(C)(C)C.Cl. The molecule has 1 atom stereocenters. The molecule has 4 heteroatoms. The summed E-state index contributed by atoms with van der Waals surface area (Å²) in [5, 5.41) is 0. The summed E-state index contributed by atoms with van der Waals surface area (Å²) in [6.45, 7) is 5.86. The maximum Gasteiger partial charge on any atom is 0.172 e. The Balaban J connectivity index is 0. The number of halogens is 2. The summed E-state index contributed by atoms with van der Waals surface area (Å²) >= 11 is 0. The Labute approximate surface area is 92.3 Å². The van der Waals surface area contributed by atoms with Crippen molar-refractivity contribution in [2.24, 2.45) is 5.41 Å². The van der Waals surface area contributed by atoms with Crippen molar-refractivity contribution in [3.8, 4) is 0 Å². The maximum atomic E-state index is 13.3. The molecule has 0 aromatic heterocycles. The molecule has 0 amide bonds. The molecule has 0 bridgehead atoms. The predicted octanol–water partition coefficient (Wildman–Crippen LogP) is 2.31. The zero-order chi connectivity index (χ0) is 10.6. The molecule has 0 aliphatic heterocycles. The second kappa shape index (κ2) is 6.36. The molecule has 0 fully saturated rings. The third kappa shape index (κ3) is 6.33. The van der Waals surface area contributed by atoms with E-state index in [9.17, 15) is 9.18 Å². The lowest BCUT2D eigenvalue weighted by Crippen LogP contribution is -2.31. The van der Waals surface area contributed by atoms with Crippen molar-refractivity contribution in [1.82, 2.24) is 4.90 Å². The van der Waals surface area contributed by atoms with E-state index in [4.69, 9.17) is 0 Å². The van der Waals surface area contributed by atoms with Crippen LogP contribution in [0.5, 0.6) is 0 Å². The van der Waals surface area contributed by atoms with E-state index >= 15 is 0 Å². The van der Waals surface area contributed by atoms with Gasteiger partial charge in [-0.25, -0.2) is 4.39 Å². The average molecular weight is 226 g/mol. The van der Waals surface area contributed by atoms with Crippen LogP contribution < -0.4 is 0 Å². The van der Waals surface area contributed by atoms with Gasteiger partial charge in [0, 0.05) is 12.0 Å². The molecular weight excluding hydrogens is 205 g/mol. The van der Waals surface area contributed by atoms with Gasteiger partial charge in [-0.2, -0.15) is 0 Å². The van der Waals surface area contributed by atoms with E-state index in [1.807, 2.05) is 19.0 Å². The standard InChI is InChI=1S/C10H20FNO.ClH/c1-10(2,3)9(13)8(11)6-7-12(4)5;/h8H,6-7H2,1-5H3;1H. The van der Waals surface area contributed by atoms with Crippen LogP contribution in [0.2, 0.25) is 0 Å². The molecule has 0 saturated heterocycles. The third-order valence-corrected chi connectivity index (χ3v) is 1.85. The van der Waals surface area contributed by atoms with Gasteiger partial charge in [-0.05, 0) is 20.5 Å². The highest BCUT2D eigenvalue weighted by Crippen LogP contribution is 2.19. The van der Waals surface area contributed by atoms with Crippen LogP contribution in [0, 0.1) is 5.41 Å².